The summed E-state index contributed by atoms with van der Waals surface area (Å²) >= 11 is 0. The molecule has 0 spiro atoms. The van der Waals surface area contributed by atoms with E-state index in [2.05, 4.69) is 12.1 Å². The summed E-state index contributed by atoms with van der Waals surface area (Å²) in [5.74, 6) is 1.95. The first-order valence-electron chi connectivity index (χ1n) is 8.51. The van der Waals surface area contributed by atoms with E-state index in [1.54, 1.807) is 0 Å². The van der Waals surface area contributed by atoms with Crippen molar-refractivity contribution in [1.29, 1.82) is 0 Å². The van der Waals surface area contributed by atoms with Gasteiger partial charge < -0.3 is 14.4 Å². The summed E-state index contributed by atoms with van der Waals surface area (Å²) in [4.78, 5) is 14.6. The van der Waals surface area contributed by atoms with Gasteiger partial charge >= 0.3 is 0 Å². The summed E-state index contributed by atoms with van der Waals surface area (Å²) in [5, 5.41) is 0. The highest BCUT2D eigenvalue weighted by molar-refractivity contribution is 5.81. The van der Waals surface area contributed by atoms with Crippen molar-refractivity contribution < 1.29 is 14.3 Å². The highest BCUT2D eigenvalue weighted by Gasteiger charge is 2.31. The summed E-state index contributed by atoms with van der Waals surface area (Å²) in [5.41, 5.74) is 2.42. The SMILES string of the molecule is O=C1C(Cc2ccc3c(c2)OCO3)CCN1CCc1ccccc1. The van der Waals surface area contributed by atoms with E-state index in [1.165, 1.54) is 5.56 Å². The molecule has 0 aromatic heterocycles. The fourth-order valence-corrected chi connectivity index (χ4v) is 3.48. The molecule has 0 aliphatic carbocycles. The van der Waals surface area contributed by atoms with Crippen LogP contribution in [0.5, 0.6) is 11.5 Å². The van der Waals surface area contributed by atoms with Gasteiger partial charge in [0.15, 0.2) is 11.5 Å². The van der Waals surface area contributed by atoms with Gasteiger partial charge in [-0.05, 0) is 42.5 Å². The molecule has 4 nitrogen and oxygen atoms in total. The second kappa shape index (κ2) is 6.56. The molecule has 0 N–H and O–H groups in total. The minimum Gasteiger partial charge on any atom is -0.454 e. The van der Waals surface area contributed by atoms with Crippen molar-refractivity contribution in [2.75, 3.05) is 19.9 Å². The Morgan fingerprint density at radius 1 is 1.00 bits per heavy atom. The maximum atomic E-state index is 12.6. The van der Waals surface area contributed by atoms with Gasteiger partial charge in [-0.15, -0.1) is 0 Å². The maximum absolute atomic E-state index is 12.6. The van der Waals surface area contributed by atoms with Crippen LogP contribution in [-0.4, -0.2) is 30.7 Å². The lowest BCUT2D eigenvalue weighted by molar-refractivity contribution is -0.130. The van der Waals surface area contributed by atoms with E-state index in [0.29, 0.717) is 0 Å². The number of hydrogen-bond acceptors (Lipinski definition) is 3. The van der Waals surface area contributed by atoms with Crippen LogP contribution in [0.1, 0.15) is 17.5 Å². The molecule has 0 bridgehead atoms. The quantitative estimate of drug-likeness (QED) is 0.849. The van der Waals surface area contributed by atoms with Crippen molar-refractivity contribution in [3.63, 3.8) is 0 Å². The van der Waals surface area contributed by atoms with Gasteiger partial charge in [-0.1, -0.05) is 36.4 Å². The largest absolute Gasteiger partial charge is 0.454 e. The monoisotopic (exact) mass is 323 g/mol. The highest BCUT2D eigenvalue weighted by Crippen LogP contribution is 2.34. The Hall–Kier alpha value is -2.49. The molecule has 1 amide bonds. The first-order chi connectivity index (χ1) is 11.8. The van der Waals surface area contributed by atoms with Crippen molar-refractivity contribution in [2.24, 2.45) is 5.92 Å². The minimum atomic E-state index is 0.0844. The van der Waals surface area contributed by atoms with E-state index in [4.69, 9.17) is 9.47 Å². The molecule has 0 radical (unpaired) electrons. The third kappa shape index (κ3) is 3.09. The number of ether oxygens (including phenoxy) is 2. The molecule has 124 valence electrons. The van der Waals surface area contributed by atoms with E-state index in [1.807, 2.05) is 41.3 Å². The Kier molecular flexibility index (Phi) is 4.11. The molecule has 1 unspecified atom stereocenters. The van der Waals surface area contributed by atoms with Crippen LogP contribution in [-0.2, 0) is 17.6 Å². The first-order valence-corrected chi connectivity index (χ1v) is 8.51. The van der Waals surface area contributed by atoms with Crippen LogP contribution in [0, 0.1) is 5.92 Å². The number of benzene rings is 2. The Morgan fingerprint density at radius 3 is 2.71 bits per heavy atom. The van der Waals surface area contributed by atoms with Crippen molar-refractivity contribution in [3.8, 4) is 11.5 Å². The Labute approximate surface area is 142 Å². The Morgan fingerprint density at radius 2 is 1.83 bits per heavy atom. The Balaban J connectivity index is 1.35. The van der Waals surface area contributed by atoms with E-state index >= 15 is 0 Å². The fraction of sp³-hybridized carbons (Fsp3) is 0.350. The zero-order valence-corrected chi connectivity index (χ0v) is 13.6. The molecular weight excluding hydrogens is 302 g/mol. The van der Waals surface area contributed by atoms with Crippen LogP contribution < -0.4 is 9.47 Å². The lowest BCUT2D eigenvalue weighted by Gasteiger charge is -2.17. The standard InChI is InChI=1S/C20H21NO3/c22-20-17(12-16-6-7-18-19(13-16)24-14-23-18)9-11-21(20)10-8-15-4-2-1-3-5-15/h1-7,13,17H,8-12,14H2. The van der Waals surface area contributed by atoms with Gasteiger partial charge in [0.25, 0.3) is 0 Å². The summed E-state index contributed by atoms with van der Waals surface area (Å²) in [6.45, 7) is 1.95. The van der Waals surface area contributed by atoms with Gasteiger partial charge in [-0.3, -0.25) is 4.79 Å². The van der Waals surface area contributed by atoms with Crippen LogP contribution in [0.3, 0.4) is 0 Å². The topological polar surface area (TPSA) is 38.8 Å². The second-order valence-corrected chi connectivity index (χ2v) is 6.44. The molecule has 4 heteroatoms. The maximum Gasteiger partial charge on any atom is 0.231 e. The lowest BCUT2D eigenvalue weighted by atomic mass is 9.98. The van der Waals surface area contributed by atoms with Crippen LogP contribution in [0.15, 0.2) is 48.5 Å². The van der Waals surface area contributed by atoms with Crippen molar-refractivity contribution in [3.05, 3.63) is 59.7 Å². The second-order valence-electron chi connectivity index (χ2n) is 6.44. The summed E-state index contributed by atoms with van der Waals surface area (Å²) < 4.78 is 10.8. The molecule has 2 aromatic carbocycles. The summed E-state index contributed by atoms with van der Waals surface area (Å²) in [7, 11) is 0. The van der Waals surface area contributed by atoms with Crippen molar-refractivity contribution in [2.45, 2.75) is 19.3 Å². The molecule has 2 heterocycles. The van der Waals surface area contributed by atoms with Crippen molar-refractivity contribution >= 4 is 5.91 Å². The average Bonchev–Trinajstić information content (AvgIpc) is 3.21. The molecule has 24 heavy (non-hydrogen) atoms. The van der Waals surface area contributed by atoms with Crippen molar-refractivity contribution in [1.82, 2.24) is 4.90 Å². The van der Waals surface area contributed by atoms with Gasteiger partial charge in [0.2, 0.25) is 12.7 Å². The fourth-order valence-electron chi connectivity index (χ4n) is 3.48. The number of hydrogen-bond donors (Lipinski definition) is 0. The molecule has 0 saturated carbocycles. The van der Waals surface area contributed by atoms with Crippen LogP contribution >= 0.6 is 0 Å². The number of nitrogens with zero attached hydrogens (tertiary/aromatic N) is 1. The van der Waals surface area contributed by atoms with Gasteiger partial charge in [0.1, 0.15) is 0 Å². The van der Waals surface area contributed by atoms with Gasteiger partial charge in [0, 0.05) is 19.0 Å². The zero-order valence-electron chi connectivity index (χ0n) is 13.6. The first kappa shape index (κ1) is 15.1. The molecule has 2 aliphatic rings. The molecule has 2 aromatic rings. The Bertz CT molecular complexity index is 729. The van der Waals surface area contributed by atoms with Gasteiger partial charge in [-0.2, -0.15) is 0 Å². The van der Waals surface area contributed by atoms with Gasteiger partial charge in [-0.25, -0.2) is 0 Å². The molecule has 2 aliphatic heterocycles. The van der Waals surface area contributed by atoms with Crippen LogP contribution in [0.2, 0.25) is 0 Å². The predicted octanol–water partition coefficient (Wildman–Crippen LogP) is 3.05. The smallest absolute Gasteiger partial charge is 0.231 e. The third-order valence-corrected chi connectivity index (χ3v) is 4.84. The molecule has 1 saturated heterocycles. The number of likely N-dealkylation sites (tertiary alicyclic amines) is 1. The minimum absolute atomic E-state index is 0.0844. The van der Waals surface area contributed by atoms with E-state index in [9.17, 15) is 4.79 Å². The lowest BCUT2D eigenvalue weighted by Crippen LogP contribution is -2.30. The summed E-state index contributed by atoms with van der Waals surface area (Å²) in [6, 6.07) is 16.3. The molecule has 1 atom stereocenters. The number of carbonyl (C=O) groups is 1. The van der Waals surface area contributed by atoms with E-state index in [-0.39, 0.29) is 18.6 Å². The third-order valence-electron chi connectivity index (χ3n) is 4.84. The predicted molar refractivity (Wildman–Crippen MR) is 91.1 cm³/mol. The zero-order chi connectivity index (χ0) is 16.4. The van der Waals surface area contributed by atoms with Crippen LogP contribution in [0.4, 0.5) is 0 Å². The van der Waals surface area contributed by atoms with Gasteiger partial charge in [0.05, 0.1) is 0 Å². The average molecular weight is 323 g/mol. The van der Waals surface area contributed by atoms with E-state index in [0.717, 1.165) is 49.4 Å². The molecular formula is C20H21NO3. The summed E-state index contributed by atoms with van der Waals surface area (Å²) in [6.07, 6.45) is 2.63. The number of carbonyl (C=O) groups excluding carboxylic acids is 1. The highest BCUT2D eigenvalue weighted by atomic mass is 16.7. The number of fused-ring (bicyclic) bond motifs is 1. The number of amides is 1. The van der Waals surface area contributed by atoms with E-state index < -0.39 is 0 Å². The van der Waals surface area contributed by atoms with Crippen LogP contribution in [0.25, 0.3) is 0 Å². The number of rotatable bonds is 5. The molecule has 4 rings (SSSR count). The normalized spacial score (nSPS) is 19.1. The molecule has 1 fully saturated rings.